The van der Waals surface area contributed by atoms with Crippen molar-refractivity contribution < 1.29 is 14.7 Å². The predicted molar refractivity (Wildman–Crippen MR) is 84.2 cm³/mol. The summed E-state index contributed by atoms with van der Waals surface area (Å²) >= 11 is 3.37. The molecule has 2 N–H and O–H groups in total. The summed E-state index contributed by atoms with van der Waals surface area (Å²) in [7, 11) is 0. The summed E-state index contributed by atoms with van der Waals surface area (Å²) in [6.07, 6.45) is 1.91. The van der Waals surface area contributed by atoms with E-state index in [0.717, 1.165) is 10.9 Å². The van der Waals surface area contributed by atoms with E-state index in [4.69, 9.17) is 0 Å². The van der Waals surface area contributed by atoms with Crippen LogP contribution in [0.15, 0.2) is 28.7 Å². The molecule has 5 nitrogen and oxygen atoms in total. The van der Waals surface area contributed by atoms with Gasteiger partial charge in [-0.2, -0.15) is 0 Å². The third kappa shape index (κ3) is 3.27. The first-order chi connectivity index (χ1) is 9.99. The Labute approximate surface area is 132 Å². The lowest BCUT2D eigenvalue weighted by molar-refractivity contribution is -0.150. The zero-order valence-electron chi connectivity index (χ0n) is 11.9. The topological polar surface area (TPSA) is 69.6 Å². The van der Waals surface area contributed by atoms with Gasteiger partial charge >= 0.3 is 5.97 Å². The van der Waals surface area contributed by atoms with Crippen LogP contribution in [-0.4, -0.2) is 40.5 Å². The number of anilines is 1. The Hall–Kier alpha value is -1.40. The van der Waals surface area contributed by atoms with Crippen molar-refractivity contribution >= 4 is 33.5 Å². The summed E-state index contributed by atoms with van der Waals surface area (Å²) in [4.78, 5) is 25.5. The summed E-state index contributed by atoms with van der Waals surface area (Å²) in [6, 6.07) is 7.35. The number of carboxylic acid groups (broad SMARTS) is 1. The number of benzene rings is 1. The normalized spacial score (nSPS) is 22.2. The molecule has 1 atom stereocenters. The second-order valence-electron chi connectivity index (χ2n) is 5.24. The molecule has 1 amide bonds. The maximum Gasteiger partial charge on any atom is 0.324 e. The maximum atomic E-state index is 12.2. The highest BCUT2D eigenvalue weighted by molar-refractivity contribution is 9.10. The highest BCUT2D eigenvalue weighted by Crippen LogP contribution is 2.32. The maximum absolute atomic E-state index is 12.2. The second kappa shape index (κ2) is 6.58. The van der Waals surface area contributed by atoms with Crippen LogP contribution in [0.25, 0.3) is 0 Å². The molecule has 1 aromatic carbocycles. The molecule has 1 aliphatic heterocycles. The van der Waals surface area contributed by atoms with Crippen molar-refractivity contribution in [3.8, 4) is 0 Å². The first-order valence-corrected chi connectivity index (χ1v) is 7.82. The molecule has 0 aliphatic carbocycles. The molecule has 0 saturated carbocycles. The van der Waals surface area contributed by atoms with Crippen molar-refractivity contribution in [2.24, 2.45) is 0 Å². The summed E-state index contributed by atoms with van der Waals surface area (Å²) < 4.78 is 0.805. The Morgan fingerprint density at radius 3 is 2.76 bits per heavy atom. The van der Waals surface area contributed by atoms with Gasteiger partial charge in [0, 0.05) is 4.47 Å². The minimum Gasteiger partial charge on any atom is -0.480 e. The smallest absolute Gasteiger partial charge is 0.324 e. The highest BCUT2D eigenvalue weighted by Gasteiger charge is 2.46. The lowest BCUT2D eigenvalue weighted by atomic mass is 9.93. The zero-order valence-corrected chi connectivity index (χ0v) is 13.5. The van der Waals surface area contributed by atoms with Crippen LogP contribution in [0.4, 0.5) is 5.69 Å². The predicted octanol–water partition coefficient (Wildman–Crippen LogP) is 2.72. The summed E-state index contributed by atoms with van der Waals surface area (Å²) in [5.41, 5.74) is -0.204. The largest absolute Gasteiger partial charge is 0.480 e. The molecule has 1 heterocycles. The van der Waals surface area contributed by atoms with Gasteiger partial charge in [-0.25, -0.2) is 0 Å². The number of carbonyl (C=O) groups excluding carboxylic acids is 1. The van der Waals surface area contributed by atoms with E-state index in [1.807, 2.05) is 25.1 Å². The average molecular weight is 355 g/mol. The number of rotatable bonds is 5. The number of likely N-dealkylation sites (tertiary alicyclic amines) is 1. The fourth-order valence-electron chi connectivity index (χ4n) is 2.88. The Kier molecular flexibility index (Phi) is 5.00. The standard InChI is InChI=1S/C15H19BrN2O3/c1-2-15(14(20)21)8-5-9-18(15)10-13(19)17-12-7-4-3-6-11(12)16/h3-4,6-7H,2,5,8-10H2,1H3,(H,17,19)(H,20,21). The van der Waals surface area contributed by atoms with E-state index in [0.29, 0.717) is 25.1 Å². The molecule has 1 aliphatic rings. The van der Waals surface area contributed by atoms with Gasteiger partial charge in [-0.15, -0.1) is 0 Å². The number of carboxylic acids is 1. The first kappa shape index (κ1) is 16.0. The molecule has 2 rings (SSSR count). The summed E-state index contributed by atoms with van der Waals surface area (Å²) in [6.45, 7) is 2.60. The number of hydrogen-bond donors (Lipinski definition) is 2. The lowest BCUT2D eigenvalue weighted by Gasteiger charge is -2.33. The van der Waals surface area contributed by atoms with Gasteiger partial charge in [0.1, 0.15) is 5.54 Å². The zero-order chi connectivity index (χ0) is 15.5. The van der Waals surface area contributed by atoms with E-state index in [-0.39, 0.29) is 12.5 Å². The van der Waals surface area contributed by atoms with Gasteiger partial charge in [-0.3, -0.25) is 14.5 Å². The number of nitrogens with zero attached hydrogens (tertiary/aromatic N) is 1. The van der Waals surface area contributed by atoms with E-state index in [9.17, 15) is 14.7 Å². The number of hydrogen-bond acceptors (Lipinski definition) is 3. The first-order valence-electron chi connectivity index (χ1n) is 7.02. The van der Waals surface area contributed by atoms with Crippen LogP contribution in [0.2, 0.25) is 0 Å². The van der Waals surface area contributed by atoms with Crippen molar-refractivity contribution in [2.75, 3.05) is 18.4 Å². The van der Waals surface area contributed by atoms with Gasteiger partial charge in [0.25, 0.3) is 0 Å². The molecule has 1 unspecified atom stereocenters. The molecular formula is C15H19BrN2O3. The van der Waals surface area contributed by atoms with Crippen LogP contribution in [0.5, 0.6) is 0 Å². The molecule has 114 valence electrons. The van der Waals surface area contributed by atoms with E-state index < -0.39 is 11.5 Å². The highest BCUT2D eigenvalue weighted by atomic mass is 79.9. The van der Waals surface area contributed by atoms with Crippen LogP contribution in [0, 0.1) is 0 Å². The molecule has 21 heavy (non-hydrogen) atoms. The van der Waals surface area contributed by atoms with Crippen LogP contribution in [0.3, 0.4) is 0 Å². The van der Waals surface area contributed by atoms with E-state index in [2.05, 4.69) is 21.2 Å². The monoisotopic (exact) mass is 354 g/mol. The molecule has 6 heteroatoms. The Bertz CT molecular complexity index is 549. The van der Waals surface area contributed by atoms with Crippen molar-refractivity contribution in [3.05, 3.63) is 28.7 Å². The van der Waals surface area contributed by atoms with Gasteiger partial charge in [0.05, 0.1) is 12.2 Å². The van der Waals surface area contributed by atoms with Crippen molar-refractivity contribution in [1.82, 2.24) is 4.90 Å². The van der Waals surface area contributed by atoms with E-state index >= 15 is 0 Å². The van der Waals surface area contributed by atoms with Gasteiger partial charge in [0.2, 0.25) is 5.91 Å². The summed E-state index contributed by atoms with van der Waals surface area (Å²) in [5.74, 6) is -1.03. The third-order valence-electron chi connectivity index (χ3n) is 4.09. The number of carbonyl (C=O) groups is 2. The fraction of sp³-hybridized carbons (Fsp3) is 0.467. The van der Waals surface area contributed by atoms with Gasteiger partial charge in [0.15, 0.2) is 0 Å². The number of aliphatic carboxylic acids is 1. The minimum absolute atomic E-state index is 0.0987. The number of halogens is 1. The Morgan fingerprint density at radius 2 is 2.14 bits per heavy atom. The van der Waals surface area contributed by atoms with Gasteiger partial charge < -0.3 is 10.4 Å². The average Bonchev–Trinajstić information content (AvgIpc) is 2.85. The molecule has 1 saturated heterocycles. The van der Waals surface area contributed by atoms with Gasteiger partial charge in [-0.05, 0) is 53.9 Å². The molecule has 0 radical (unpaired) electrons. The third-order valence-corrected chi connectivity index (χ3v) is 4.78. The number of para-hydroxylation sites is 1. The Balaban J connectivity index is 2.06. The van der Waals surface area contributed by atoms with Crippen molar-refractivity contribution in [1.29, 1.82) is 0 Å². The molecule has 0 bridgehead atoms. The quantitative estimate of drug-likeness (QED) is 0.852. The fourth-order valence-corrected chi connectivity index (χ4v) is 3.27. The van der Waals surface area contributed by atoms with Gasteiger partial charge in [-0.1, -0.05) is 19.1 Å². The van der Waals surface area contributed by atoms with Crippen LogP contribution >= 0.6 is 15.9 Å². The number of amides is 1. The summed E-state index contributed by atoms with van der Waals surface area (Å²) in [5, 5.41) is 12.3. The van der Waals surface area contributed by atoms with Crippen molar-refractivity contribution in [2.45, 2.75) is 31.7 Å². The molecule has 0 spiro atoms. The van der Waals surface area contributed by atoms with E-state index in [1.54, 1.807) is 11.0 Å². The van der Waals surface area contributed by atoms with Crippen LogP contribution in [0.1, 0.15) is 26.2 Å². The molecule has 0 aromatic heterocycles. The SMILES string of the molecule is CCC1(C(=O)O)CCCN1CC(=O)Nc1ccccc1Br. The van der Waals surface area contributed by atoms with E-state index in [1.165, 1.54) is 0 Å². The molecule has 1 aromatic rings. The lowest BCUT2D eigenvalue weighted by Crippen LogP contribution is -2.52. The van der Waals surface area contributed by atoms with Crippen LogP contribution < -0.4 is 5.32 Å². The van der Waals surface area contributed by atoms with Crippen LogP contribution in [-0.2, 0) is 9.59 Å². The van der Waals surface area contributed by atoms with Crippen molar-refractivity contribution in [3.63, 3.8) is 0 Å². The second-order valence-corrected chi connectivity index (χ2v) is 6.10. The minimum atomic E-state index is -0.898. The molecule has 1 fully saturated rings. The number of nitrogens with one attached hydrogen (secondary N) is 1. The Morgan fingerprint density at radius 1 is 1.43 bits per heavy atom. The molecular weight excluding hydrogens is 336 g/mol.